The Bertz CT molecular complexity index is 762. The summed E-state index contributed by atoms with van der Waals surface area (Å²) in [7, 11) is 0. The van der Waals surface area contributed by atoms with Crippen molar-refractivity contribution in [3.8, 4) is 0 Å². The smallest absolute Gasteiger partial charge is 0.224 e. The molecule has 1 heterocycles. The van der Waals surface area contributed by atoms with Crippen LogP contribution in [0.2, 0.25) is 0 Å². The van der Waals surface area contributed by atoms with Gasteiger partial charge in [0, 0.05) is 18.7 Å². The van der Waals surface area contributed by atoms with Crippen molar-refractivity contribution >= 4 is 11.6 Å². The van der Waals surface area contributed by atoms with Gasteiger partial charge >= 0.3 is 0 Å². The summed E-state index contributed by atoms with van der Waals surface area (Å²) < 4.78 is 13.2. The van der Waals surface area contributed by atoms with E-state index < -0.39 is 0 Å². The number of rotatable bonds is 8. The molecule has 0 spiro atoms. The molecule has 1 amide bonds. The maximum atomic E-state index is 13.2. The number of carbonyl (C=O) groups excluding carboxylic acids is 1. The first-order valence-electron chi connectivity index (χ1n) is 10.4. The molecule has 3 nitrogen and oxygen atoms in total. The number of piperidine rings is 1. The van der Waals surface area contributed by atoms with Gasteiger partial charge in [0.1, 0.15) is 5.82 Å². The van der Waals surface area contributed by atoms with Crippen LogP contribution >= 0.6 is 0 Å². The molecular formula is C24H31FN2O. The Kier molecular flexibility index (Phi) is 7.61. The fourth-order valence-corrected chi connectivity index (χ4v) is 4.06. The third-order valence-electron chi connectivity index (χ3n) is 5.63. The van der Waals surface area contributed by atoms with Crippen molar-refractivity contribution in [1.29, 1.82) is 0 Å². The highest BCUT2D eigenvalue weighted by Crippen LogP contribution is 2.22. The molecule has 0 aromatic heterocycles. The summed E-state index contributed by atoms with van der Waals surface area (Å²) in [4.78, 5) is 14.8. The third-order valence-corrected chi connectivity index (χ3v) is 5.63. The summed E-state index contributed by atoms with van der Waals surface area (Å²) >= 11 is 0. The Balaban J connectivity index is 1.37. The van der Waals surface area contributed by atoms with Gasteiger partial charge in [0.15, 0.2) is 0 Å². The molecule has 1 fully saturated rings. The molecule has 1 N–H and O–H groups in total. The Labute approximate surface area is 167 Å². The van der Waals surface area contributed by atoms with Gasteiger partial charge < -0.3 is 10.2 Å². The van der Waals surface area contributed by atoms with Gasteiger partial charge in [0.2, 0.25) is 5.91 Å². The van der Waals surface area contributed by atoms with E-state index in [4.69, 9.17) is 0 Å². The number of halogens is 1. The minimum Gasteiger partial charge on any atom is -0.326 e. The lowest BCUT2D eigenvalue weighted by Crippen LogP contribution is -2.36. The summed E-state index contributed by atoms with van der Waals surface area (Å²) in [5.41, 5.74) is 2.87. The molecule has 4 heteroatoms. The number of benzene rings is 2. The second-order valence-electron chi connectivity index (χ2n) is 7.94. The van der Waals surface area contributed by atoms with E-state index in [0.717, 1.165) is 31.5 Å². The van der Waals surface area contributed by atoms with E-state index in [1.165, 1.54) is 43.5 Å². The number of amides is 1. The zero-order valence-corrected chi connectivity index (χ0v) is 16.8. The van der Waals surface area contributed by atoms with Crippen LogP contribution in [0.5, 0.6) is 0 Å². The van der Waals surface area contributed by atoms with E-state index in [1.54, 1.807) is 6.07 Å². The van der Waals surface area contributed by atoms with Crippen LogP contribution in [0, 0.1) is 18.7 Å². The van der Waals surface area contributed by atoms with Gasteiger partial charge in [-0.15, -0.1) is 0 Å². The Morgan fingerprint density at radius 2 is 2.04 bits per heavy atom. The van der Waals surface area contributed by atoms with Crippen LogP contribution in [0.25, 0.3) is 0 Å². The molecular weight excluding hydrogens is 351 g/mol. The second kappa shape index (κ2) is 10.4. The van der Waals surface area contributed by atoms with Gasteiger partial charge in [-0.25, -0.2) is 4.39 Å². The van der Waals surface area contributed by atoms with E-state index in [0.29, 0.717) is 18.0 Å². The average Bonchev–Trinajstić information content (AvgIpc) is 2.70. The molecule has 150 valence electrons. The van der Waals surface area contributed by atoms with E-state index in [1.807, 2.05) is 6.92 Å². The Hall–Kier alpha value is -2.20. The SMILES string of the molecule is Cc1cc(F)ccc1NC(=O)CCC1CCCN(CCCc2ccccc2)C1. The topological polar surface area (TPSA) is 32.3 Å². The van der Waals surface area contributed by atoms with Gasteiger partial charge in [-0.3, -0.25) is 4.79 Å². The highest BCUT2D eigenvalue weighted by molar-refractivity contribution is 5.91. The van der Waals surface area contributed by atoms with Crippen LogP contribution in [-0.4, -0.2) is 30.4 Å². The molecule has 3 rings (SSSR count). The molecule has 2 aromatic carbocycles. The molecule has 1 aliphatic heterocycles. The van der Waals surface area contributed by atoms with E-state index in [9.17, 15) is 9.18 Å². The summed E-state index contributed by atoms with van der Waals surface area (Å²) in [5.74, 6) is 0.339. The fraction of sp³-hybridized carbons (Fsp3) is 0.458. The predicted molar refractivity (Wildman–Crippen MR) is 113 cm³/mol. The number of likely N-dealkylation sites (tertiary alicyclic amines) is 1. The number of aryl methyl sites for hydroxylation is 2. The second-order valence-corrected chi connectivity index (χ2v) is 7.94. The minimum absolute atomic E-state index is 0.0240. The van der Waals surface area contributed by atoms with Crippen LogP contribution in [0.1, 0.15) is 43.2 Å². The predicted octanol–water partition coefficient (Wildman–Crippen LogP) is 5.20. The summed E-state index contributed by atoms with van der Waals surface area (Å²) in [6.07, 6.45) is 6.18. The molecule has 0 aliphatic carbocycles. The highest BCUT2D eigenvalue weighted by atomic mass is 19.1. The Morgan fingerprint density at radius 3 is 2.82 bits per heavy atom. The van der Waals surface area contributed by atoms with Gasteiger partial charge in [-0.2, -0.15) is 0 Å². The van der Waals surface area contributed by atoms with Crippen molar-refractivity contribution in [1.82, 2.24) is 4.90 Å². The van der Waals surface area contributed by atoms with Crippen LogP contribution in [0.3, 0.4) is 0 Å². The maximum absolute atomic E-state index is 13.2. The van der Waals surface area contributed by atoms with Gasteiger partial charge in [0.05, 0.1) is 0 Å². The summed E-state index contributed by atoms with van der Waals surface area (Å²) in [6, 6.07) is 15.1. The number of hydrogen-bond donors (Lipinski definition) is 1. The monoisotopic (exact) mass is 382 g/mol. The van der Waals surface area contributed by atoms with Crippen molar-refractivity contribution in [3.63, 3.8) is 0 Å². The normalized spacial score (nSPS) is 17.4. The van der Waals surface area contributed by atoms with E-state index in [-0.39, 0.29) is 11.7 Å². The average molecular weight is 383 g/mol. The lowest BCUT2D eigenvalue weighted by Gasteiger charge is -2.32. The maximum Gasteiger partial charge on any atom is 0.224 e. The molecule has 0 bridgehead atoms. The largest absolute Gasteiger partial charge is 0.326 e. The molecule has 0 saturated carbocycles. The first kappa shape index (κ1) is 20.5. The zero-order chi connectivity index (χ0) is 19.8. The number of nitrogens with one attached hydrogen (secondary N) is 1. The van der Waals surface area contributed by atoms with Crippen molar-refractivity contribution < 1.29 is 9.18 Å². The first-order valence-corrected chi connectivity index (χ1v) is 10.4. The van der Waals surface area contributed by atoms with Gasteiger partial charge in [-0.1, -0.05) is 30.3 Å². The van der Waals surface area contributed by atoms with Gasteiger partial charge in [-0.05, 0) is 87.4 Å². The quantitative estimate of drug-likeness (QED) is 0.681. The number of carbonyl (C=O) groups is 1. The van der Waals surface area contributed by atoms with Crippen LogP contribution < -0.4 is 5.32 Å². The van der Waals surface area contributed by atoms with Crippen molar-refractivity contribution in [2.24, 2.45) is 5.92 Å². The Morgan fingerprint density at radius 1 is 1.21 bits per heavy atom. The molecule has 1 unspecified atom stereocenters. The molecule has 1 atom stereocenters. The molecule has 2 aromatic rings. The molecule has 0 radical (unpaired) electrons. The fourth-order valence-electron chi connectivity index (χ4n) is 4.06. The van der Waals surface area contributed by atoms with Gasteiger partial charge in [0.25, 0.3) is 0 Å². The molecule has 28 heavy (non-hydrogen) atoms. The molecule has 1 aliphatic rings. The zero-order valence-electron chi connectivity index (χ0n) is 16.8. The summed E-state index contributed by atoms with van der Waals surface area (Å²) in [5, 5.41) is 2.92. The highest BCUT2D eigenvalue weighted by Gasteiger charge is 2.20. The van der Waals surface area contributed by atoms with Crippen LogP contribution in [-0.2, 0) is 11.2 Å². The van der Waals surface area contributed by atoms with Crippen LogP contribution in [0.15, 0.2) is 48.5 Å². The minimum atomic E-state index is -0.273. The standard InChI is InChI=1S/C24H31FN2O/c1-19-17-22(25)12-13-23(19)26-24(28)14-11-21-10-6-16-27(18-21)15-5-9-20-7-3-2-4-8-20/h2-4,7-8,12-13,17,21H,5-6,9-11,14-16,18H2,1H3,(H,26,28). The number of anilines is 1. The number of nitrogens with zero attached hydrogens (tertiary/aromatic N) is 1. The van der Waals surface area contributed by atoms with E-state index >= 15 is 0 Å². The molecule has 1 saturated heterocycles. The van der Waals surface area contributed by atoms with Crippen molar-refractivity contribution in [2.75, 3.05) is 25.0 Å². The lowest BCUT2D eigenvalue weighted by molar-refractivity contribution is -0.116. The summed E-state index contributed by atoms with van der Waals surface area (Å²) in [6.45, 7) is 5.21. The first-order chi connectivity index (χ1) is 13.6. The third kappa shape index (κ3) is 6.45. The lowest BCUT2D eigenvalue weighted by atomic mass is 9.93. The number of hydrogen-bond acceptors (Lipinski definition) is 2. The van der Waals surface area contributed by atoms with Crippen molar-refractivity contribution in [2.45, 2.75) is 45.4 Å². The van der Waals surface area contributed by atoms with Crippen molar-refractivity contribution in [3.05, 3.63) is 65.5 Å². The van der Waals surface area contributed by atoms with E-state index in [2.05, 4.69) is 40.5 Å². The van der Waals surface area contributed by atoms with Crippen LogP contribution in [0.4, 0.5) is 10.1 Å².